The Morgan fingerprint density at radius 2 is 0.484 bits per heavy atom. The fraction of sp³-hybridized carbons (Fsp3) is 0.196. The molecule has 12 aromatic rings. The maximum Gasteiger partial charge on any atom is 0.200 e. The lowest BCUT2D eigenvalue weighted by Crippen LogP contribution is -1.99. The van der Waals surface area contributed by atoms with Crippen LogP contribution in [0, 0.1) is 0 Å². The van der Waals surface area contributed by atoms with Crippen LogP contribution in [0.1, 0.15) is 168 Å². The van der Waals surface area contributed by atoms with Crippen molar-refractivity contribution in [3.05, 3.63) is 327 Å². The molecule has 7 atom stereocenters. The largest absolute Gasteiger partial charge is 0.508 e. The molecule has 0 aromatic heterocycles. The van der Waals surface area contributed by atoms with E-state index in [2.05, 4.69) is 26.0 Å². The maximum absolute atomic E-state index is 10.3. The molecule has 0 aliphatic rings. The summed E-state index contributed by atoms with van der Waals surface area (Å²) in [4.78, 5) is 0. The van der Waals surface area contributed by atoms with Gasteiger partial charge in [-0.2, -0.15) is 0 Å². The minimum atomic E-state index is -0.256. The van der Waals surface area contributed by atoms with Gasteiger partial charge in [0.2, 0.25) is 11.5 Å². The van der Waals surface area contributed by atoms with Crippen LogP contribution in [0.15, 0.2) is 249 Å². The third kappa shape index (κ3) is 26.2. The highest BCUT2D eigenvalue weighted by Crippen LogP contribution is 2.44. The summed E-state index contributed by atoms with van der Waals surface area (Å²) in [6.07, 6.45) is 19.7. The van der Waals surface area contributed by atoms with E-state index >= 15 is 0 Å². The van der Waals surface area contributed by atoms with Crippen LogP contribution in [-0.2, 0) is 0 Å². The van der Waals surface area contributed by atoms with Gasteiger partial charge in [0.05, 0.1) is 42.7 Å². The second-order valence-corrected chi connectivity index (χ2v) is 29.4. The van der Waals surface area contributed by atoms with Crippen molar-refractivity contribution >= 4 is 30.4 Å². The molecule has 22 nitrogen and oxygen atoms in total. The van der Waals surface area contributed by atoms with E-state index in [1.165, 1.54) is 85.1 Å². The summed E-state index contributed by atoms with van der Waals surface area (Å²) in [7, 11) is 9.00. The number of rotatable bonds is 25. The number of hydrogen-bond donors (Lipinski definition) is 16. The van der Waals surface area contributed by atoms with Crippen molar-refractivity contribution in [2.45, 2.75) is 89.9 Å². The molecule has 12 aromatic carbocycles. The highest BCUT2D eigenvalue weighted by Gasteiger charge is 2.21. The monoisotopic (exact) mass is 1680 g/mol. The first-order valence-corrected chi connectivity index (χ1v) is 39.5. The molecule has 0 aliphatic carbocycles. The lowest BCUT2D eigenvalue weighted by atomic mass is 9.88. The summed E-state index contributed by atoms with van der Waals surface area (Å²) in [5, 5.41) is 155. The Balaban J connectivity index is 0.000000194. The van der Waals surface area contributed by atoms with Crippen molar-refractivity contribution in [3.63, 3.8) is 0 Å². The van der Waals surface area contributed by atoms with Gasteiger partial charge >= 0.3 is 0 Å². The Morgan fingerprint density at radius 1 is 0.202 bits per heavy atom. The molecule has 0 amide bonds. The molecule has 12 rings (SSSR count). The van der Waals surface area contributed by atoms with Gasteiger partial charge in [-0.05, 0) is 248 Å². The van der Waals surface area contributed by atoms with E-state index in [0.717, 1.165) is 66.8 Å². The minimum Gasteiger partial charge on any atom is -0.508 e. The van der Waals surface area contributed by atoms with Crippen LogP contribution >= 0.6 is 0 Å². The molecule has 0 spiro atoms. The third-order valence-corrected chi connectivity index (χ3v) is 20.8. The van der Waals surface area contributed by atoms with Gasteiger partial charge in [0, 0.05) is 17.4 Å². The summed E-state index contributed by atoms with van der Waals surface area (Å²) in [6, 6.07) is 61.2. The fourth-order valence-electron chi connectivity index (χ4n) is 12.9. The van der Waals surface area contributed by atoms with Gasteiger partial charge in [-0.25, -0.2) is 0 Å². The average Bonchev–Trinajstić information content (AvgIpc) is 0.818. The van der Waals surface area contributed by atoms with E-state index in [-0.39, 0.29) is 133 Å². The number of ether oxygens (including phenoxy) is 6. The summed E-state index contributed by atoms with van der Waals surface area (Å²) in [5.41, 5.74) is 12.5. The zero-order valence-electron chi connectivity index (χ0n) is 71.2. The molecule has 648 valence electrons. The van der Waals surface area contributed by atoms with Gasteiger partial charge in [0.25, 0.3) is 0 Å². The molecule has 0 radical (unpaired) electrons. The van der Waals surface area contributed by atoms with E-state index < -0.39 is 0 Å². The van der Waals surface area contributed by atoms with Gasteiger partial charge < -0.3 is 110 Å². The van der Waals surface area contributed by atoms with Gasteiger partial charge in [0.15, 0.2) is 92.0 Å². The SMILES string of the molecule is CC(/C=C/c1cc(O)c(O)cc1C(C)c1ccc(O)c(O)c1)c1ccc(O)c(O)c1.CC(/C=C/c1ccc(O)c(C(C)c2ccc(O)cc2)c1)c1ccc(O)cc1.COc1cc(/C=C/C(C)c2cc(OC)c(O)c(OC)c2)cc(OC)c1O.COc1cc(/C=C/C(C)c2ccc(O)c(O)c2)ccc1O.COc1cc(C(C)/C=C/c2ccc(O)cc2)ccc1O. The Bertz CT molecular complexity index is 5640. The second kappa shape index (κ2) is 44.8. The number of phenols is 16. The Kier molecular flexibility index (Phi) is 34.1. The van der Waals surface area contributed by atoms with Gasteiger partial charge in [-0.15, -0.1) is 0 Å². The van der Waals surface area contributed by atoms with Crippen LogP contribution in [0.2, 0.25) is 0 Å². The lowest BCUT2D eigenvalue weighted by molar-refractivity contribution is 0.339. The Labute approximate surface area is 722 Å². The molecule has 0 fully saturated rings. The van der Waals surface area contributed by atoms with Crippen LogP contribution in [0.5, 0.6) is 126 Å². The molecule has 0 heterocycles. The van der Waals surface area contributed by atoms with Crippen molar-refractivity contribution in [1.82, 2.24) is 0 Å². The van der Waals surface area contributed by atoms with Crippen molar-refractivity contribution in [2.75, 3.05) is 42.7 Å². The number of phenolic OH excluding ortho intramolecular Hbond substituents is 16. The highest BCUT2D eigenvalue weighted by molar-refractivity contribution is 5.66. The first-order valence-electron chi connectivity index (χ1n) is 39.5. The Hall–Kier alpha value is -15.1. The molecule has 22 heteroatoms. The van der Waals surface area contributed by atoms with Crippen LogP contribution in [0.4, 0.5) is 0 Å². The topological polar surface area (TPSA) is 379 Å². The minimum absolute atomic E-state index is 0.00784. The highest BCUT2D eigenvalue weighted by atomic mass is 16.5. The first kappa shape index (κ1) is 94.4. The van der Waals surface area contributed by atoms with E-state index in [9.17, 15) is 81.7 Å². The molecule has 0 bridgehead atoms. The van der Waals surface area contributed by atoms with Crippen molar-refractivity contribution in [3.8, 4) is 126 Å². The number of hydrogen-bond acceptors (Lipinski definition) is 22. The summed E-state index contributed by atoms with van der Waals surface area (Å²) >= 11 is 0. The van der Waals surface area contributed by atoms with Gasteiger partial charge in [0.1, 0.15) is 23.0 Å². The van der Waals surface area contributed by atoms with E-state index in [1.807, 2.05) is 138 Å². The van der Waals surface area contributed by atoms with E-state index in [4.69, 9.17) is 28.4 Å². The number of benzene rings is 12. The predicted octanol–water partition coefficient (Wildman–Crippen LogP) is 22.2. The fourth-order valence-corrected chi connectivity index (χ4v) is 12.9. The van der Waals surface area contributed by atoms with E-state index in [1.54, 1.807) is 121 Å². The van der Waals surface area contributed by atoms with Crippen molar-refractivity contribution < 1.29 is 110 Å². The van der Waals surface area contributed by atoms with Crippen LogP contribution in [-0.4, -0.2) is 124 Å². The third-order valence-electron chi connectivity index (χ3n) is 20.8. The van der Waals surface area contributed by atoms with Crippen molar-refractivity contribution in [1.29, 1.82) is 0 Å². The Morgan fingerprint density at radius 3 is 0.935 bits per heavy atom. The number of allylic oxidation sites excluding steroid dienone is 5. The summed E-state index contributed by atoms with van der Waals surface area (Å²) < 4.78 is 30.9. The summed E-state index contributed by atoms with van der Waals surface area (Å²) in [5.74, 6) is 2.03. The standard InChI is InChI=1S/C24H24O6.C24H24O3.C20H24O6.C17H18O4.C17H18O3/c1-13(15-5-7-19(25)21(27)9-15)3-4-17-11-23(29)24(30)12-18(17)14(2)16-6-8-20(26)22(28)10-16;1-16(19-6-10-21(25)11-7-19)3-4-18-5-14-24(27)23(15-18)17(2)20-8-12-22(26)13-9-20;1-12(14-10-17(25-4)20(22)18(11-14)26-5)6-7-13-8-15(23-2)19(21)16(9-13)24-3;1-11(13-6-8-14(18)16(20)10-13)3-4-12-5-7-15(19)17(9-12)21-2;1-12(3-4-13-5-8-15(18)9-6-13)14-7-10-16(19)17(11-14)20-2/h3-14,25-30H,1-2H3;3-17,25-27H,1-2H3;6-12,21-22H,1-5H3;3-11,18-20H,1-2H3;3-12,18-19H,1-2H3/b2*4-3+;7-6+;2*4-3+. The zero-order chi connectivity index (χ0) is 90.6. The summed E-state index contributed by atoms with van der Waals surface area (Å²) in [6.45, 7) is 14.0. The molecule has 0 saturated heterocycles. The smallest absolute Gasteiger partial charge is 0.200 e. The normalized spacial score (nSPS) is 12.8. The lowest BCUT2D eigenvalue weighted by Gasteiger charge is -2.17. The molecular weight excluding hydrogens is 1580 g/mol. The van der Waals surface area contributed by atoms with Gasteiger partial charge in [-0.1, -0.05) is 182 Å². The maximum atomic E-state index is 10.3. The van der Waals surface area contributed by atoms with Crippen LogP contribution in [0.25, 0.3) is 30.4 Å². The van der Waals surface area contributed by atoms with Gasteiger partial charge in [-0.3, -0.25) is 0 Å². The zero-order valence-corrected chi connectivity index (χ0v) is 71.2. The molecule has 7 unspecified atom stereocenters. The van der Waals surface area contributed by atoms with Crippen LogP contribution in [0.3, 0.4) is 0 Å². The predicted molar refractivity (Wildman–Crippen MR) is 486 cm³/mol. The molecular formula is C102H108O22. The molecule has 124 heavy (non-hydrogen) atoms. The van der Waals surface area contributed by atoms with E-state index in [0.29, 0.717) is 45.6 Å². The van der Waals surface area contributed by atoms with Crippen LogP contribution < -0.4 is 28.4 Å². The quantitative estimate of drug-likeness (QED) is 0.0236. The molecule has 0 saturated carbocycles. The number of aromatic hydroxyl groups is 16. The molecule has 0 aliphatic heterocycles. The van der Waals surface area contributed by atoms with Crippen molar-refractivity contribution in [2.24, 2.45) is 0 Å². The first-order chi connectivity index (χ1) is 59.1. The molecule has 16 N–H and O–H groups in total. The number of methoxy groups -OCH3 is 6. The second-order valence-electron chi connectivity index (χ2n) is 29.4. The average molecular weight is 1690 g/mol.